The molecule has 1 saturated carbocycles. The highest BCUT2D eigenvalue weighted by molar-refractivity contribution is 5.30. The van der Waals surface area contributed by atoms with E-state index >= 15 is 0 Å². The lowest BCUT2D eigenvalue weighted by molar-refractivity contribution is 0.114. The molecular formula is C30H41FN4. The zero-order valence-corrected chi connectivity index (χ0v) is 21.2. The Hall–Kier alpha value is -2.08. The van der Waals surface area contributed by atoms with Crippen LogP contribution < -0.4 is 10.6 Å². The van der Waals surface area contributed by atoms with Gasteiger partial charge in [0, 0.05) is 44.5 Å². The molecule has 0 amide bonds. The van der Waals surface area contributed by atoms with Crippen molar-refractivity contribution in [3.8, 4) is 0 Å². The van der Waals surface area contributed by atoms with Crippen LogP contribution in [0.3, 0.4) is 0 Å². The molecular weight excluding hydrogens is 435 g/mol. The molecule has 0 radical (unpaired) electrons. The fourth-order valence-corrected chi connectivity index (χ4v) is 6.15. The van der Waals surface area contributed by atoms with E-state index in [1.807, 2.05) is 6.20 Å². The molecule has 35 heavy (non-hydrogen) atoms. The minimum atomic E-state index is -0.966. The summed E-state index contributed by atoms with van der Waals surface area (Å²) in [7, 11) is 0. The highest BCUT2D eigenvalue weighted by Crippen LogP contribution is 2.33. The predicted molar refractivity (Wildman–Crippen MR) is 141 cm³/mol. The van der Waals surface area contributed by atoms with Gasteiger partial charge in [-0.25, -0.2) is 4.39 Å². The van der Waals surface area contributed by atoms with Gasteiger partial charge in [-0.05, 0) is 81.0 Å². The van der Waals surface area contributed by atoms with Crippen LogP contribution in [0.4, 0.5) is 4.39 Å². The van der Waals surface area contributed by atoms with Crippen LogP contribution >= 0.6 is 0 Å². The summed E-state index contributed by atoms with van der Waals surface area (Å²) in [5, 5.41) is 7.41. The van der Waals surface area contributed by atoms with E-state index in [1.54, 1.807) is 6.92 Å². The van der Waals surface area contributed by atoms with E-state index in [2.05, 4.69) is 64.1 Å². The van der Waals surface area contributed by atoms with E-state index in [0.29, 0.717) is 31.0 Å². The van der Waals surface area contributed by atoms with Crippen LogP contribution in [-0.4, -0.2) is 47.3 Å². The monoisotopic (exact) mass is 476 g/mol. The Morgan fingerprint density at radius 3 is 2.74 bits per heavy atom. The van der Waals surface area contributed by atoms with Crippen LogP contribution in [0, 0.1) is 0 Å². The average molecular weight is 477 g/mol. The van der Waals surface area contributed by atoms with E-state index in [1.165, 1.54) is 35.2 Å². The van der Waals surface area contributed by atoms with Gasteiger partial charge in [0.1, 0.15) is 5.67 Å². The first-order valence-electron chi connectivity index (χ1n) is 13.6. The minimum absolute atomic E-state index is 0.372. The Labute approximate surface area is 210 Å². The molecule has 2 aliphatic carbocycles. The van der Waals surface area contributed by atoms with Crippen molar-refractivity contribution < 1.29 is 4.39 Å². The highest BCUT2D eigenvalue weighted by Gasteiger charge is 2.31. The maximum Gasteiger partial charge on any atom is 0.108 e. The molecule has 3 aliphatic rings. The zero-order chi connectivity index (χ0) is 24.1. The maximum absolute atomic E-state index is 14.1. The molecule has 1 aromatic carbocycles. The Kier molecular flexibility index (Phi) is 7.96. The second kappa shape index (κ2) is 11.3. The van der Waals surface area contributed by atoms with E-state index < -0.39 is 5.67 Å². The summed E-state index contributed by atoms with van der Waals surface area (Å²) in [6.45, 7) is 5.50. The number of hydrogen-bond donors (Lipinski definition) is 2. The first kappa shape index (κ1) is 24.6. The number of nitrogens with zero attached hydrogens (tertiary/aromatic N) is 2. The van der Waals surface area contributed by atoms with Gasteiger partial charge in [0.05, 0.1) is 11.7 Å². The van der Waals surface area contributed by atoms with Gasteiger partial charge >= 0.3 is 0 Å². The van der Waals surface area contributed by atoms with Gasteiger partial charge in [0.15, 0.2) is 0 Å². The third-order valence-corrected chi connectivity index (χ3v) is 8.29. The van der Waals surface area contributed by atoms with Crippen LogP contribution in [0.1, 0.15) is 73.9 Å². The topological polar surface area (TPSA) is 40.2 Å². The third kappa shape index (κ3) is 6.38. The molecule has 5 rings (SSSR count). The maximum atomic E-state index is 14.1. The van der Waals surface area contributed by atoms with Crippen molar-refractivity contribution >= 4 is 0 Å². The molecule has 1 aliphatic heterocycles. The smallest absolute Gasteiger partial charge is 0.108 e. The molecule has 5 heteroatoms. The van der Waals surface area contributed by atoms with Gasteiger partial charge in [0.25, 0.3) is 0 Å². The first-order chi connectivity index (χ1) is 17.1. The van der Waals surface area contributed by atoms with Crippen molar-refractivity contribution in [3.05, 3.63) is 77.1 Å². The second-order valence-electron chi connectivity index (χ2n) is 11.0. The van der Waals surface area contributed by atoms with Crippen molar-refractivity contribution in [1.82, 2.24) is 20.5 Å². The molecule has 0 bridgehead atoms. The number of hydrogen-bond acceptors (Lipinski definition) is 4. The number of aryl methyl sites for hydroxylation is 1. The van der Waals surface area contributed by atoms with E-state index in [4.69, 9.17) is 4.98 Å². The van der Waals surface area contributed by atoms with Crippen molar-refractivity contribution in [3.63, 3.8) is 0 Å². The largest absolute Gasteiger partial charge is 0.311 e. The van der Waals surface area contributed by atoms with Gasteiger partial charge in [-0.3, -0.25) is 9.88 Å². The van der Waals surface area contributed by atoms with E-state index in [9.17, 15) is 4.39 Å². The Morgan fingerprint density at radius 1 is 1.09 bits per heavy atom. The Bertz CT molecular complexity index is 993. The molecule has 1 fully saturated rings. The van der Waals surface area contributed by atoms with Crippen LogP contribution in [0.2, 0.25) is 0 Å². The summed E-state index contributed by atoms with van der Waals surface area (Å²) in [6, 6.07) is 14.4. The lowest BCUT2D eigenvalue weighted by atomic mass is 9.85. The Morgan fingerprint density at radius 2 is 1.89 bits per heavy atom. The number of pyridine rings is 1. The molecule has 0 spiro atoms. The van der Waals surface area contributed by atoms with Crippen LogP contribution in [0.25, 0.3) is 0 Å². The standard InChI is InChI=1S/C30H41FN4/c1-30(31)15-13-26(14-16-30)32-17-4-5-19-35(28-12-6-10-23-11-7-18-33-29(23)28)22-27-20-24-8-2-3-9-25(24)21-34-27/h2-5,7-9,11,18,26-28,32,34H,6,10,12-17,19-22H2,1H3/b5-4-/t26?,27-,28+,30?/m1/s1. The quantitative estimate of drug-likeness (QED) is 0.508. The number of aromatic nitrogens is 1. The summed E-state index contributed by atoms with van der Waals surface area (Å²) in [5.41, 5.74) is 4.64. The molecule has 2 atom stereocenters. The van der Waals surface area contributed by atoms with Gasteiger partial charge in [-0.2, -0.15) is 0 Å². The second-order valence-corrected chi connectivity index (χ2v) is 11.0. The number of rotatable bonds is 8. The van der Waals surface area contributed by atoms with Crippen molar-refractivity contribution in [2.75, 3.05) is 19.6 Å². The summed E-state index contributed by atoms with van der Waals surface area (Å²) in [5.74, 6) is 0. The van der Waals surface area contributed by atoms with Gasteiger partial charge in [0.2, 0.25) is 0 Å². The third-order valence-electron chi connectivity index (χ3n) is 8.29. The molecule has 0 saturated heterocycles. The van der Waals surface area contributed by atoms with Gasteiger partial charge in [-0.15, -0.1) is 0 Å². The fourth-order valence-electron chi connectivity index (χ4n) is 6.15. The van der Waals surface area contributed by atoms with Gasteiger partial charge < -0.3 is 10.6 Å². The number of benzene rings is 1. The van der Waals surface area contributed by atoms with Gasteiger partial charge in [-0.1, -0.05) is 42.5 Å². The normalized spacial score (nSPS) is 28.7. The minimum Gasteiger partial charge on any atom is -0.311 e. The molecule has 2 aromatic rings. The highest BCUT2D eigenvalue weighted by atomic mass is 19.1. The molecule has 2 N–H and O–H groups in total. The molecule has 4 nitrogen and oxygen atoms in total. The number of alkyl halides is 1. The Balaban J connectivity index is 1.22. The number of nitrogens with one attached hydrogen (secondary N) is 2. The van der Waals surface area contributed by atoms with E-state index in [0.717, 1.165) is 51.9 Å². The van der Waals surface area contributed by atoms with Crippen LogP contribution in [0.15, 0.2) is 54.7 Å². The number of halogens is 1. The SMILES string of the molecule is CC1(F)CCC(NC/C=C\CN(C[C@H]2Cc3ccccc3CN2)[C@H]2CCCc3cccnc32)CC1. The molecule has 188 valence electrons. The van der Waals surface area contributed by atoms with E-state index in [-0.39, 0.29) is 0 Å². The molecule has 0 unspecified atom stereocenters. The van der Waals surface area contributed by atoms with Crippen molar-refractivity contribution in [1.29, 1.82) is 0 Å². The zero-order valence-electron chi connectivity index (χ0n) is 21.2. The lowest BCUT2D eigenvalue weighted by Crippen LogP contribution is -2.46. The summed E-state index contributed by atoms with van der Waals surface area (Å²) < 4.78 is 14.1. The molecule has 1 aromatic heterocycles. The summed E-state index contributed by atoms with van der Waals surface area (Å²) in [4.78, 5) is 7.48. The summed E-state index contributed by atoms with van der Waals surface area (Å²) in [6.07, 6.45) is 14.4. The van der Waals surface area contributed by atoms with Crippen LogP contribution in [0.5, 0.6) is 0 Å². The van der Waals surface area contributed by atoms with Crippen molar-refractivity contribution in [2.45, 2.75) is 88.6 Å². The fraction of sp³-hybridized carbons (Fsp3) is 0.567. The first-order valence-corrected chi connectivity index (χ1v) is 13.6. The van der Waals surface area contributed by atoms with Crippen molar-refractivity contribution in [2.24, 2.45) is 0 Å². The predicted octanol–water partition coefficient (Wildman–Crippen LogP) is 5.29. The average Bonchev–Trinajstić information content (AvgIpc) is 2.88. The molecule has 2 heterocycles. The summed E-state index contributed by atoms with van der Waals surface area (Å²) >= 11 is 0. The van der Waals surface area contributed by atoms with Crippen LogP contribution in [-0.2, 0) is 19.4 Å². The lowest BCUT2D eigenvalue weighted by Gasteiger charge is -2.38. The number of fused-ring (bicyclic) bond motifs is 2.